The fourth-order valence-electron chi connectivity index (χ4n) is 3.97. The molecule has 3 rings (SSSR count). The highest BCUT2D eigenvalue weighted by Crippen LogP contribution is 2.44. The van der Waals surface area contributed by atoms with E-state index in [-0.39, 0.29) is 42.3 Å². The smallest absolute Gasteiger partial charge is 0.375 e. The Labute approximate surface area is 203 Å². The number of carbonyl (C=O) groups is 2. The number of aliphatic hydroxyl groups is 2. The Kier molecular flexibility index (Phi) is 7.42. The number of phenolic OH excluding ortho intramolecular Hbond substituents is 2. The second-order valence-corrected chi connectivity index (χ2v) is 8.91. The molecule has 0 saturated heterocycles. The number of hydrogen-bond donors (Lipinski definition) is 4. The van der Waals surface area contributed by atoms with Crippen LogP contribution >= 0.6 is 0 Å². The number of phenols is 2. The first kappa shape index (κ1) is 26.1. The molecule has 188 valence electrons. The molecule has 2 unspecified atom stereocenters. The number of aliphatic hydroxyl groups excluding tert-OH is 1. The van der Waals surface area contributed by atoms with Crippen molar-refractivity contribution in [1.29, 1.82) is 0 Å². The van der Waals surface area contributed by atoms with Gasteiger partial charge in [0.05, 0.1) is 31.0 Å². The van der Waals surface area contributed by atoms with Crippen LogP contribution in [-0.4, -0.2) is 63.4 Å². The van der Waals surface area contributed by atoms with E-state index in [1.54, 1.807) is 19.1 Å². The second kappa shape index (κ2) is 9.97. The minimum atomic E-state index is -1.91. The molecule has 4 N–H and O–H groups in total. The van der Waals surface area contributed by atoms with Crippen LogP contribution in [0.25, 0.3) is 5.57 Å². The van der Waals surface area contributed by atoms with E-state index in [4.69, 9.17) is 14.2 Å². The molecule has 35 heavy (non-hydrogen) atoms. The summed E-state index contributed by atoms with van der Waals surface area (Å²) in [6, 6.07) is 10.4. The van der Waals surface area contributed by atoms with Crippen LogP contribution in [0.1, 0.15) is 37.5 Å². The highest BCUT2D eigenvalue weighted by molar-refractivity contribution is 6.11. The molecule has 0 amide bonds. The molecule has 1 aliphatic heterocycles. The predicted octanol–water partition coefficient (Wildman–Crippen LogP) is 2.23. The molecule has 0 aliphatic carbocycles. The first-order valence-corrected chi connectivity index (χ1v) is 11.1. The fourth-order valence-corrected chi connectivity index (χ4v) is 3.97. The van der Waals surface area contributed by atoms with Gasteiger partial charge in [-0.15, -0.1) is 0 Å². The third kappa shape index (κ3) is 5.26. The summed E-state index contributed by atoms with van der Waals surface area (Å²) in [5.74, 6) is -1.92. The van der Waals surface area contributed by atoms with Crippen LogP contribution in [0, 0.1) is 0 Å². The molecular weight excluding hydrogens is 456 g/mol. The van der Waals surface area contributed by atoms with Crippen LogP contribution in [-0.2, 0) is 36.6 Å². The predicted molar refractivity (Wildman–Crippen MR) is 125 cm³/mol. The Bertz CT molecular complexity index is 1130. The van der Waals surface area contributed by atoms with Gasteiger partial charge in [-0.1, -0.05) is 24.3 Å². The fraction of sp³-hybridized carbons (Fsp3) is 0.385. The Hall–Kier alpha value is -3.56. The first-order chi connectivity index (χ1) is 16.4. The van der Waals surface area contributed by atoms with E-state index in [1.165, 1.54) is 51.3 Å². The summed E-state index contributed by atoms with van der Waals surface area (Å²) in [7, 11) is 1.17. The zero-order chi connectivity index (χ0) is 26.0. The normalized spacial score (nSPS) is 18.9. The molecule has 1 aliphatic rings. The van der Waals surface area contributed by atoms with Crippen molar-refractivity contribution in [3.63, 3.8) is 0 Å². The number of esters is 2. The lowest BCUT2D eigenvalue weighted by atomic mass is 9.82. The Morgan fingerprint density at radius 2 is 1.80 bits per heavy atom. The van der Waals surface area contributed by atoms with Gasteiger partial charge in [0.1, 0.15) is 11.5 Å². The van der Waals surface area contributed by atoms with Crippen molar-refractivity contribution in [3.8, 4) is 11.5 Å². The number of ether oxygens (including phenoxy) is 3. The molecule has 2 aromatic rings. The largest absolute Gasteiger partial charge is 0.508 e. The summed E-state index contributed by atoms with van der Waals surface area (Å²) < 4.78 is 16.3. The highest BCUT2D eigenvalue weighted by Gasteiger charge is 2.56. The Morgan fingerprint density at radius 1 is 1.14 bits per heavy atom. The van der Waals surface area contributed by atoms with Crippen molar-refractivity contribution in [1.82, 2.24) is 0 Å². The van der Waals surface area contributed by atoms with E-state index in [9.17, 15) is 30.0 Å². The van der Waals surface area contributed by atoms with Gasteiger partial charge in [0.25, 0.3) is 0 Å². The van der Waals surface area contributed by atoms with E-state index < -0.39 is 29.2 Å². The number of hydrogen-bond acceptors (Lipinski definition) is 9. The van der Waals surface area contributed by atoms with Crippen molar-refractivity contribution in [2.75, 3.05) is 13.7 Å². The van der Waals surface area contributed by atoms with Gasteiger partial charge in [-0.05, 0) is 55.7 Å². The van der Waals surface area contributed by atoms with Gasteiger partial charge in [0.2, 0.25) is 11.4 Å². The molecule has 9 heteroatoms. The topological polar surface area (TPSA) is 143 Å². The molecule has 0 fully saturated rings. The van der Waals surface area contributed by atoms with Crippen molar-refractivity contribution < 1.29 is 44.2 Å². The van der Waals surface area contributed by atoms with Gasteiger partial charge in [-0.3, -0.25) is 0 Å². The number of aromatic hydroxyl groups is 2. The SMILES string of the molecule is CCOC1=C(c2ccc(O)cc2)C(Cc2ccc(O)c(CC(O)C(C)(C)O)c2)(C(=O)OC)OC1=O. The van der Waals surface area contributed by atoms with E-state index in [2.05, 4.69) is 0 Å². The van der Waals surface area contributed by atoms with E-state index >= 15 is 0 Å². The number of carbonyl (C=O) groups excluding carboxylic acids is 2. The summed E-state index contributed by atoms with van der Waals surface area (Å²) >= 11 is 0. The van der Waals surface area contributed by atoms with Crippen molar-refractivity contribution in [2.24, 2.45) is 0 Å². The quantitative estimate of drug-likeness (QED) is 0.392. The highest BCUT2D eigenvalue weighted by atomic mass is 16.6. The molecule has 1 heterocycles. The lowest BCUT2D eigenvalue weighted by molar-refractivity contribution is -0.169. The summed E-state index contributed by atoms with van der Waals surface area (Å²) in [5.41, 5.74) is -1.91. The third-order valence-electron chi connectivity index (χ3n) is 5.87. The standard InChI is InChI=1S/C26H30O9/c1-5-34-22-21(16-7-9-18(27)10-8-16)26(24(31)33-4,35-23(22)30)14-15-6-11-19(28)17(12-15)13-20(29)25(2,3)32/h6-12,20,27-29,32H,5,13-14H2,1-4H3. The second-order valence-electron chi connectivity index (χ2n) is 8.91. The van der Waals surface area contributed by atoms with E-state index in [0.29, 0.717) is 16.7 Å². The molecule has 0 radical (unpaired) electrons. The van der Waals surface area contributed by atoms with Gasteiger partial charge < -0.3 is 34.6 Å². The van der Waals surface area contributed by atoms with Gasteiger partial charge in [0, 0.05) is 12.8 Å². The average Bonchev–Trinajstić information content (AvgIpc) is 3.07. The van der Waals surface area contributed by atoms with Crippen LogP contribution in [0.4, 0.5) is 0 Å². The zero-order valence-corrected chi connectivity index (χ0v) is 20.1. The number of methoxy groups -OCH3 is 1. The summed E-state index contributed by atoms with van der Waals surface area (Å²) in [4.78, 5) is 26.0. The van der Waals surface area contributed by atoms with Crippen LogP contribution in [0.2, 0.25) is 0 Å². The number of benzene rings is 2. The molecule has 0 saturated carbocycles. The maximum Gasteiger partial charge on any atom is 0.375 e. The van der Waals surface area contributed by atoms with Crippen molar-refractivity contribution >= 4 is 17.5 Å². The zero-order valence-electron chi connectivity index (χ0n) is 20.1. The molecule has 2 aromatic carbocycles. The summed E-state index contributed by atoms with van der Waals surface area (Å²) in [6.07, 6.45) is -1.39. The van der Waals surface area contributed by atoms with E-state index in [0.717, 1.165) is 0 Å². The lowest BCUT2D eigenvalue weighted by Crippen LogP contribution is -2.44. The molecule has 0 spiro atoms. The molecular formula is C26H30O9. The van der Waals surface area contributed by atoms with Gasteiger partial charge >= 0.3 is 11.9 Å². The minimum absolute atomic E-state index is 0.00485. The average molecular weight is 487 g/mol. The van der Waals surface area contributed by atoms with Crippen LogP contribution in [0.3, 0.4) is 0 Å². The first-order valence-electron chi connectivity index (χ1n) is 11.1. The van der Waals surface area contributed by atoms with Crippen LogP contribution in [0.5, 0.6) is 11.5 Å². The van der Waals surface area contributed by atoms with E-state index in [1.807, 2.05) is 0 Å². The van der Waals surface area contributed by atoms with Crippen molar-refractivity contribution in [2.45, 2.75) is 50.9 Å². The van der Waals surface area contributed by atoms with Crippen LogP contribution in [0.15, 0.2) is 48.2 Å². The van der Waals surface area contributed by atoms with Crippen molar-refractivity contribution in [3.05, 3.63) is 64.9 Å². The Balaban J connectivity index is 2.13. The minimum Gasteiger partial charge on any atom is -0.508 e. The molecule has 0 aromatic heterocycles. The summed E-state index contributed by atoms with van der Waals surface area (Å²) in [5, 5.41) is 40.4. The van der Waals surface area contributed by atoms with Crippen LogP contribution < -0.4 is 0 Å². The Morgan fingerprint density at radius 3 is 2.37 bits per heavy atom. The van der Waals surface area contributed by atoms with Gasteiger partial charge in [-0.2, -0.15) is 0 Å². The summed E-state index contributed by atoms with van der Waals surface area (Å²) in [6.45, 7) is 4.73. The molecule has 2 atom stereocenters. The lowest BCUT2D eigenvalue weighted by Gasteiger charge is -2.29. The van der Waals surface area contributed by atoms with Gasteiger partial charge in [0.15, 0.2) is 0 Å². The maximum absolute atomic E-state index is 13.2. The monoisotopic (exact) mass is 486 g/mol. The third-order valence-corrected chi connectivity index (χ3v) is 5.87. The van der Waals surface area contributed by atoms with Gasteiger partial charge in [-0.25, -0.2) is 9.59 Å². The number of cyclic esters (lactones) is 1. The molecule has 0 bridgehead atoms. The number of rotatable bonds is 9. The molecule has 9 nitrogen and oxygen atoms in total. The maximum atomic E-state index is 13.2.